The Morgan fingerprint density at radius 3 is 2.33 bits per heavy atom. The van der Waals surface area contributed by atoms with E-state index in [1.54, 1.807) is 0 Å². The summed E-state index contributed by atoms with van der Waals surface area (Å²) in [4.78, 5) is 12.5. The molecule has 0 bridgehead atoms. The Bertz CT molecular complexity index is 273. The number of carbonyl (C=O) groups is 1. The molecular weight excluding hydrogens is 244 g/mol. The number of nitrogens with one attached hydrogen (secondary N) is 1. The molecule has 4 heteroatoms. The molecule has 1 unspecified atom stereocenters. The fraction of sp³-hybridized carbons (Fsp3) is 0.857. The minimum Gasteiger partial charge on any atom is -0.393 e. The van der Waals surface area contributed by atoms with Gasteiger partial charge in [-0.25, -0.2) is 0 Å². The Balaban J connectivity index is 2.46. The first kappa shape index (κ1) is 15.4. The van der Waals surface area contributed by atoms with Gasteiger partial charge in [0, 0.05) is 6.04 Å². The van der Waals surface area contributed by atoms with Gasteiger partial charge in [0.1, 0.15) is 0 Å². The van der Waals surface area contributed by atoms with Crippen LogP contribution in [0.3, 0.4) is 0 Å². The number of nitrogens with two attached hydrogens (primary N) is 1. The van der Waals surface area contributed by atoms with E-state index in [0.717, 1.165) is 25.7 Å². The number of carbonyl (C=O) groups excluding carboxylic acids is 1. The third-order valence-corrected chi connectivity index (χ3v) is 3.97. The minimum atomic E-state index is -0.282. The zero-order valence-electron chi connectivity index (χ0n) is 11.4. The number of thiocarbonyl (C=S) groups is 1. The molecule has 3 N–H and O–H groups in total. The van der Waals surface area contributed by atoms with Crippen molar-refractivity contribution in [3.8, 4) is 0 Å². The van der Waals surface area contributed by atoms with E-state index in [9.17, 15) is 4.79 Å². The van der Waals surface area contributed by atoms with Gasteiger partial charge < -0.3 is 11.1 Å². The van der Waals surface area contributed by atoms with Crippen LogP contribution in [0.2, 0.25) is 0 Å². The second-order valence-corrected chi connectivity index (χ2v) is 5.77. The topological polar surface area (TPSA) is 55.1 Å². The van der Waals surface area contributed by atoms with Gasteiger partial charge >= 0.3 is 0 Å². The molecule has 1 rings (SSSR count). The van der Waals surface area contributed by atoms with Crippen LogP contribution < -0.4 is 11.1 Å². The third-order valence-electron chi connectivity index (χ3n) is 3.69. The highest BCUT2D eigenvalue weighted by Gasteiger charge is 2.23. The van der Waals surface area contributed by atoms with E-state index in [1.165, 1.54) is 32.1 Å². The van der Waals surface area contributed by atoms with Crippen molar-refractivity contribution in [3.63, 3.8) is 0 Å². The lowest BCUT2D eigenvalue weighted by molar-refractivity contribution is -0.124. The second kappa shape index (κ2) is 8.46. The normalized spacial score (nSPS) is 19.6. The molecule has 0 heterocycles. The fourth-order valence-corrected chi connectivity index (χ4v) is 2.82. The van der Waals surface area contributed by atoms with Crippen LogP contribution in [-0.4, -0.2) is 16.9 Å². The predicted octanol–water partition coefficient (Wildman–Crippen LogP) is 2.92. The van der Waals surface area contributed by atoms with Crippen molar-refractivity contribution in [2.24, 2.45) is 11.7 Å². The summed E-state index contributed by atoms with van der Waals surface area (Å²) >= 11 is 4.99. The zero-order valence-corrected chi connectivity index (χ0v) is 12.2. The van der Waals surface area contributed by atoms with Crippen molar-refractivity contribution in [3.05, 3.63) is 0 Å². The molecule has 18 heavy (non-hydrogen) atoms. The van der Waals surface area contributed by atoms with Crippen molar-refractivity contribution in [1.29, 1.82) is 0 Å². The number of hydrogen-bond donors (Lipinski definition) is 2. The van der Waals surface area contributed by atoms with E-state index in [4.69, 9.17) is 18.0 Å². The van der Waals surface area contributed by atoms with Gasteiger partial charge in [-0.1, -0.05) is 57.7 Å². The summed E-state index contributed by atoms with van der Waals surface area (Å²) < 4.78 is 0. The van der Waals surface area contributed by atoms with Crippen molar-refractivity contribution < 1.29 is 4.79 Å². The number of amides is 1. The van der Waals surface area contributed by atoms with Gasteiger partial charge in [0.2, 0.25) is 5.91 Å². The van der Waals surface area contributed by atoms with Gasteiger partial charge in [-0.2, -0.15) is 0 Å². The molecule has 0 radical (unpaired) electrons. The van der Waals surface area contributed by atoms with Crippen LogP contribution in [0.5, 0.6) is 0 Å². The maximum absolute atomic E-state index is 12.2. The van der Waals surface area contributed by atoms with Crippen molar-refractivity contribution in [2.45, 2.75) is 70.8 Å². The summed E-state index contributed by atoms with van der Waals surface area (Å²) in [7, 11) is 0. The van der Waals surface area contributed by atoms with E-state index in [0.29, 0.717) is 11.0 Å². The van der Waals surface area contributed by atoms with E-state index in [-0.39, 0.29) is 11.8 Å². The Labute approximate surface area is 116 Å². The zero-order chi connectivity index (χ0) is 13.4. The first-order valence-corrected chi connectivity index (χ1v) is 7.65. The van der Waals surface area contributed by atoms with Crippen molar-refractivity contribution >= 4 is 23.1 Å². The largest absolute Gasteiger partial charge is 0.393 e. The van der Waals surface area contributed by atoms with E-state index >= 15 is 0 Å². The molecule has 0 aromatic heterocycles. The summed E-state index contributed by atoms with van der Waals surface area (Å²) in [5.41, 5.74) is 5.66. The highest BCUT2D eigenvalue weighted by molar-refractivity contribution is 7.80. The van der Waals surface area contributed by atoms with E-state index in [2.05, 4.69) is 5.32 Å². The lowest BCUT2D eigenvalue weighted by Crippen LogP contribution is -2.43. The second-order valence-electron chi connectivity index (χ2n) is 5.29. The molecule has 3 nitrogen and oxygen atoms in total. The molecule has 1 aliphatic carbocycles. The van der Waals surface area contributed by atoms with Crippen LogP contribution in [-0.2, 0) is 4.79 Å². The van der Waals surface area contributed by atoms with Gasteiger partial charge in [0.25, 0.3) is 0 Å². The van der Waals surface area contributed by atoms with Crippen LogP contribution >= 0.6 is 12.2 Å². The molecule has 1 amide bonds. The van der Waals surface area contributed by atoms with Gasteiger partial charge in [0.05, 0.1) is 10.9 Å². The lowest BCUT2D eigenvalue weighted by Gasteiger charge is -2.23. The molecule has 1 fully saturated rings. The summed E-state index contributed by atoms with van der Waals surface area (Å²) in [6.07, 6.45) is 10.2. The molecule has 0 aromatic rings. The van der Waals surface area contributed by atoms with Gasteiger partial charge in [-0.15, -0.1) is 0 Å². The molecule has 1 saturated carbocycles. The van der Waals surface area contributed by atoms with E-state index in [1.807, 2.05) is 6.92 Å². The van der Waals surface area contributed by atoms with Crippen LogP contribution in [0.15, 0.2) is 0 Å². The molecule has 1 atom stereocenters. The predicted molar refractivity (Wildman–Crippen MR) is 79.4 cm³/mol. The molecule has 104 valence electrons. The molecule has 0 saturated heterocycles. The molecule has 0 spiro atoms. The standard InChI is InChI=1S/C14H26N2OS/c1-2-8-12(13(15)18)14(17)16-11-9-6-4-3-5-7-10-11/h11-12H,2-10H2,1H3,(H2,15,18)(H,16,17). The smallest absolute Gasteiger partial charge is 0.230 e. The highest BCUT2D eigenvalue weighted by Crippen LogP contribution is 2.18. The third kappa shape index (κ3) is 5.34. The van der Waals surface area contributed by atoms with Gasteiger partial charge in [-0.05, 0) is 19.3 Å². The summed E-state index contributed by atoms with van der Waals surface area (Å²) in [6.45, 7) is 2.05. The van der Waals surface area contributed by atoms with E-state index < -0.39 is 0 Å². The quantitative estimate of drug-likeness (QED) is 0.755. The average molecular weight is 270 g/mol. The van der Waals surface area contributed by atoms with Crippen LogP contribution in [0.4, 0.5) is 0 Å². The average Bonchev–Trinajstić information content (AvgIpc) is 2.28. The van der Waals surface area contributed by atoms with Crippen LogP contribution in [0.1, 0.15) is 64.7 Å². The van der Waals surface area contributed by atoms with Crippen LogP contribution in [0.25, 0.3) is 0 Å². The summed E-state index contributed by atoms with van der Waals surface area (Å²) in [5.74, 6) is -0.245. The fourth-order valence-electron chi connectivity index (χ4n) is 2.59. The molecule has 0 aromatic carbocycles. The monoisotopic (exact) mass is 270 g/mol. The minimum absolute atomic E-state index is 0.0370. The maximum Gasteiger partial charge on any atom is 0.230 e. The Hall–Kier alpha value is -0.640. The number of rotatable bonds is 5. The Morgan fingerprint density at radius 1 is 1.28 bits per heavy atom. The Morgan fingerprint density at radius 2 is 1.83 bits per heavy atom. The van der Waals surface area contributed by atoms with Crippen LogP contribution in [0, 0.1) is 5.92 Å². The summed E-state index contributed by atoms with van der Waals surface area (Å²) in [6, 6.07) is 0.325. The van der Waals surface area contributed by atoms with Gasteiger partial charge in [-0.3, -0.25) is 4.79 Å². The first-order chi connectivity index (χ1) is 8.65. The highest BCUT2D eigenvalue weighted by atomic mass is 32.1. The molecule has 1 aliphatic rings. The van der Waals surface area contributed by atoms with Gasteiger partial charge in [0.15, 0.2) is 0 Å². The Kier molecular flexibility index (Phi) is 7.25. The molecular formula is C14H26N2OS. The maximum atomic E-state index is 12.2. The SMILES string of the molecule is CCCC(C(=O)NC1CCCCCCC1)C(N)=S. The summed E-state index contributed by atoms with van der Waals surface area (Å²) in [5, 5.41) is 3.15. The van der Waals surface area contributed by atoms with Crippen molar-refractivity contribution in [2.75, 3.05) is 0 Å². The lowest BCUT2D eigenvalue weighted by atomic mass is 9.95. The molecule has 0 aliphatic heterocycles. The van der Waals surface area contributed by atoms with Crippen molar-refractivity contribution in [1.82, 2.24) is 5.32 Å². The number of hydrogen-bond acceptors (Lipinski definition) is 2. The first-order valence-electron chi connectivity index (χ1n) is 7.24.